The van der Waals surface area contributed by atoms with E-state index in [1.54, 1.807) is 0 Å². The molecule has 2 aromatic heterocycles. The molecule has 0 radical (unpaired) electrons. The molecule has 1 aliphatic heterocycles. The normalized spacial score (nSPS) is 18.9. The van der Waals surface area contributed by atoms with Crippen molar-refractivity contribution in [1.82, 2.24) is 15.3 Å². The molecule has 7 nitrogen and oxygen atoms in total. The second kappa shape index (κ2) is 5.82. The first-order valence-corrected chi connectivity index (χ1v) is 7.71. The van der Waals surface area contributed by atoms with E-state index in [1.807, 2.05) is 23.3 Å². The Kier molecular flexibility index (Phi) is 3.89. The summed E-state index contributed by atoms with van der Waals surface area (Å²) in [6, 6.07) is 1.56. The molecular weight excluding hydrogens is 290 g/mol. The zero-order valence-corrected chi connectivity index (χ0v) is 12.5. The summed E-state index contributed by atoms with van der Waals surface area (Å²) in [4.78, 5) is 23.6. The zero-order valence-electron chi connectivity index (χ0n) is 11.7. The van der Waals surface area contributed by atoms with Gasteiger partial charge >= 0.3 is 0 Å². The third kappa shape index (κ3) is 2.64. The van der Waals surface area contributed by atoms with Crippen molar-refractivity contribution in [3.05, 3.63) is 11.4 Å². The van der Waals surface area contributed by atoms with Gasteiger partial charge in [0.05, 0.1) is 18.6 Å². The Hall–Kier alpha value is -1.93. The molecule has 3 heterocycles. The molecule has 0 bridgehead atoms. The smallest absolute Gasteiger partial charge is 0.245 e. The molecule has 0 aromatic carbocycles. The fourth-order valence-electron chi connectivity index (χ4n) is 2.44. The Balaban J connectivity index is 2.02. The van der Waals surface area contributed by atoms with Crippen molar-refractivity contribution >= 4 is 39.2 Å². The van der Waals surface area contributed by atoms with Gasteiger partial charge in [-0.25, -0.2) is 4.98 Å². The molecule has 8 heteroatoms. The molecule has 0 spiro atoms. The van der Waals surface area contributed by atoms with E-state index in [0.29, 0.717) is 32.1 Å². The number of nitrogens with zero attached hydrogens (tertiary/aromatic N) is 3. The number of nitrogens with one attached hydrogen (secondary N) is 1. The third-order valence-corrected chi connectivity index (χ3v) is 4.18. The Labute approximate surface area is 126 Å². The summed E-state index contributed by atoms with van der Waals surface area (Å²) in [7, 11) is 0. The maximum Gasteiger partial charge on any atom is 0.245 e. The number of nitrogens with two attached hydrogens (primary N) is 1. The predicted octanol–water partition coefficient (Wildman–Crippen LogP) is 0.615. The highest BCUT2D eigenvalue weighted by molar-refractivity contribution is 7.16. The topological polar surface area (TPSA) is 93.4 Å². The number of rotatable bonds is 3. The molecule has 112 valence electrons. The van der Waals surface area contributed by atoms with Crippen LogP contribution in [0.2, 0.25) is 0 Å². The van der Waals surface area contributed by atoms with Crippen LogP contribution in [-0.2, 0) is 9.53 Å². The molecular formula is C13H17N5O2S. The Morgan fingerprint density at radius 3 is 3.29 bits per heavy atom. The van der Waals surface area contributed by atoms with Crippen molar-refractivity contribution in [3.63, 3.8) is 0 Å². The molecule has 1 aliphatic rings. The van der Waals surface area contributed by atoms with Gasteiger partial charge in [-0.3, -0.25) is 4.79 Å². The standard InChI is InChI=1S/C13H17N5O2S/c1-2-15-11(19)9-7-20-5-4-18(9)10-8-3-6-21-12(8)17-13(14)16-10/h3,6,9H,2,4-5,7H2,1H3,(H,15,19)(H2,14,16,17). The quantitative estimate of drug-likeness (QED) is 0.863. The fraction of sp³-hybridized carbons (Fsp3) is 0.462. The average molecular weight is 307 g/mol. The number of carbonyl (C=O) groups is 1. The van der Waals surface area contributed by atoms with Gasteiger partial charge in [-0.1, -0.05) is 0 Å². The second-order valence-corrected chi connectivity index (χ2v) is 5.62. The number of hydrogen-bond donors (Lipinski definition) is 2. The molecule has 1 atom stereocenters. The number of ether oxygens (including phenoxy) is 1. The summed E-state index contributed by atoms with van der Waals surface area (Å²) >= 11 is 1.51. The van der Waals surface area contributed by atoms with Gasteiger partial charge in [0.2, 0.25) is 11.9 Å². The lowest BCUT2D eigenvalue weighted by Gasteiger charge is -2.35. The molecule has 1 unspecified atom stereocenters. The predicted molar refractivity (Wildman–Crippen MR) is 82.5 cm³/mol. The van der Waals surface area contributed by atoms with Gasteiger partial charge in [-0.05, 0) is 18.4 Å². The minimum atomic E-state index is -0.393. The van der Waals surface area contributed by atoms with Gasteiger partial charge in [0.25, 0.3) is 0 Å². The number of nitrogen functional groups attached to an aromatic ring is 1. The van der Waals surface area contributed by atoms with E-state index in [-0.39, 0.29) is 11.9 Å². The van der Waals surface area contributed by atoms with Crippen LogP contribution in [0.25, 0.3) is 10.2 Å². The largest absolute Gasteiger partial charge is 0.377 e. The van der Waals surface area contributed by atoms with Crippen LogP contribution in [0, 0.1) is 0 Å². The number of aromatic nitrogens is 2. The van der Waals surface area contributed by atoms with E-state index >= 15 is 0 Å². The van der Waals surface area contributed by atoms with E-state index < -0.39 is 6.04 Å². The maximum atomic E-state index is 12.2. The SMILES string of the molecule is CCNC(=O)C1COCCN1c1nc(N)nc2sccc12. The minimum absolute atomic E-state index is 0.0576. The first kappa shape index (κ1) is 14.0. The minimum Gasteiger partial charge on any atom is -0.377 e. The molecule has 0 saturated carbocycles. The zero-order chi connectivity index (χ0) is 14.8. The summed E-state index contributed by atoms with van der Waals surface area (Å²) in [6.07, 6.45) is 0. The Bertz CT molecular complexity index is 659. The molecule has 3 N–H and O–H groups in total. The van der Waals surface area contributed by atoms with Gasteiger partial charge in [-0.2, -0.15) is 4.98 Å². The summed E-state index contributed by atoms with van der Waals surface area (Å²) in [5, 5.41) is 5.71. The summed E-state index contributed by atoms with van der Waals surface area (Å²) in [5.41, 5.74) is 5.80. The number of amides is 1. The number of fused-ring (bicyclic) bond motifs is 1. The van der Waals surface area contributed by atoms with Crippen LogP contribution in [0.1, 0.15) is 6.92 Å². The van der Waals surface area contributed by atoms with Crippen LogP contribution < -0.4 is 16.0 Å². The van der Waals surface area contributed by atoms with Crippen molar-refractivity contribution < 1.29 is 9.53 Å². The number of morpholine rings is 1. The van der Waals surface area contributed by atoms with Crippen LogP contribution in [-0.4, -0.2) is 48.2 Å². The van der Waals surface area contributed by atoms with Crippen LogP contribution in [0.3, 0.4) is 0 Å². The third-order valence-electron chi connectivity index (χ3n) is 3.38. The van der Waals surface area contributed by atoms with Crippen molar-refractivity contribution in [2.45, 2.75) is 13.0 Å². The van der Waals surface area contributed by atoms with Gasteiger partial charge in [0, 0.05) is 13.1 Å². The first-order chi connectivity index (χ1) is 10.2. The van der Waals surface area contributed by atoms with E-state index in [1.165, 1.54) is 11.3 Å². The van der Waals surface area contributed by atoms with Crippen molar-refractivity contribution in [1.29, 1.82) is 0 Å². The second-order valence-electron chi connectivity index (χ2n) is 4.72. The van der Waals surface area contributed by atoms with E-state index in [2.05, 4.69) is 15.3 Å². The van der Waals surface area contributed by atoms with Gasteiger partial charge < -0.3 is 20.7 Å². The van der Waals surface area contributed by atoms with Gasteiger partial charge in [0.1, 0.15) is 16.7 Å². The lowest BCUT2D eigenvalue weighted by molar-refractivity contribution is -0.124. The maximum absolute atomic E-state index is 12.2. The van der Waals surface area contributed by atoms with Gasteiger partial charge in [0.15, 0.2) is 0 Å². The van der Waals surface area contributed by atoms with Gasteiger partial charge in [-0.15, -0.1) is 11.3 Å². The monoisotopic (exact) mass is 307 g/mol. The molecule has 2 aromatic rings. The molecule has 1 saturated heterocycles. The Morgan fingerprint density at radius 1 is 1.62 bits per heavy atom. The van der Waals surface area contributed by atoms with Crippen molar-refractivity contribution in [2.24, 2.45) is 0 Å². The van der Waals surface area contributed by atoms with E-state index in [0.717, 1.165) is 10.2 Å². The van der Waals surface area contributed by atoms with E-state index in [4.69, 9.17) is 10.5 Å². The highest BCUT2D eigenvalue weighted by Gasteiger charge is 2.31. The summed E-state index contributed by atoms with van der Waals surface area (Å²) in [6.45, 7) is 3.99. The van der Waals surface area contributed by atoms with E-state index in [9.17, 15) is 4.79 Å². The summed E-state index contributed by atoms with van der Waals surface area (Å²) < 4.78 is 5.45. The fourth-order valence-corrected chi connectivity index (χ4v) is 3.21. The number of anilines is 2. The lowest BCUT2D eigenvalue weighted by Crippen LogP contribution is -2.54. The highest BCUT2D eigenvalue weighted by atomic mass is 32.1. The molecule has 0 aliphatic carbocycles. The number of likely N-dealkylation sites (N-methyl/N-ethyl adjacent to an activating group) is 1. The van der Waals surface area contributed by atoms with Crippen molar-refractivity contribution in [2.75, 3.05) is 36.9 Å². The average Bonchev–Trinajstić information content (AvgIpc) is 2.94. The van der Waals surface area contributed by atoms with Crippen LogP contribution in [0.5, 0.6) is 0 Å². The van der Waals surface area contributed by atoms with Crippen molar-refractivity contribution in [3.8, 4) is 0 Å². The Morgan fingerprint density at radius 2 is 2.48 bits per heavy atom. The van der Waals surface area contributed by atoms with Crippen LogP contribution in [0.4, 0.5) is 11.8 Å². The highest BCUT2D eigenvalue weighted by Crippen LogP contribution is 2.30. The van der Waals surface area contributed by atoms with Crippen LogP contribution >= 0.6 is 11.3 Å². The molecule has 3 rings (SSSR count). The number of carbonyl (C=O) groups excluding carboxylic acids is 1. The lowest BCUT2D eigenvalue weighted by atomic mass is 10.2. The number of thiophene rings is 1. The summed E-state index contributed by atoms with van der Waals surface area (Å²) in [5.74, 6) is 0.872. The van der Waals surface area contributed by atoms with Crippen LogP contribution in [0.15, 0.2) is 11.4 Å². The molecule has 1 fully saturated rings. The first-order valence-electron chi connectivity index (χ1n) is 6.83. The molecule has 1 amide bonds. The number of hydrogen-bond acceptors (Lipinski definition) is 7. The molecule has 21 heavy (non-hydrogen) atoms.